The quantitative estimate of drug-likeness (QED) is 0.857. The molecule has 4 nitrogen and oxygen atoms in total. The van der Waals surface area contributed by atoms with E-state index in [1.807, 2.05) is 31.1 Å². The first-order valence-electron chi connectivity index (χ1n) is 7.20. The maximum Gasteiger partial charge on any atom is 0.345 e. The SMILES string of the molecule is CN(C)CCc1ccccc1C(O)(C(=O)O)c1ccccc1. The lowest BCUT2D eigenvalue weighted by Gasteiger charge is -2.27. The number of rotatable bonds is 6. The first kappa shape index (κ1) is 16.2. The van der Waals surface area contributed by atoms with Crippen molar-refractivity contribution >= 4 is 5.97 Å². The average Bonchev–Trinajstić information content (AvgIpc) is 2.53. The second-order valence-electron chi connectivity index (χ2n) is 5.59. The van der Waals surface area contributed by atoms with Crippen LogP contribution < -0.4 is 0 Å². The van der Waals surface area contributed by atoms with Crippen molar-refractivity contribution in [1.82, 2.24) is 4.90 Å². The van der Waals surface area contributed by atoms with Crippen molar-refractivity contribution < 1.29 is 15.0 Å². The van der Waals surface area contributed by atoms with Crippen LogP contribution in [0.4, 0.5) is 0 Å². The van der Waals surface area contributed by atoms with E-state index < -0.39 is 11.6 Å². The largest absolute Gasteiger partial charge is 0.479 e. The minimum atomic E-state index is -2.04. The Bertz CT molecular complexity index is 640. The van der Waals surface area contributed by atoms with Gasteiger partial charge in [-0.1, -0.05) is 54.6 Å². The number of nitrogens with zero attached hydrogens (tertiary/aromatic N) is 1. The zero-order chi connectivity index (χ0) is 16.2. The Morgan fingerprint density at radius 2 is 1.64 bits per heavy atom. The number of aliphatic hydroxyl groups is 1. The Labute approximate surface area is 130 Å². The highest BCUT2D eigenvalue weighted by molar-refractivity contribution is 5.84. The third-order valence-corrected chi connectivity index (χ3v) is 3.74. The molecule has 0 saturated heterocycles. The van der Waals surface area contributed by atoms with Gasteiger partial charge in [0, 0.05) is 12.1 Å². The summed E-state index contributed by atoms with van der Waals surface area (Å²) in [6.45, 7) is 0.779. The third kappa shape index (κ3) is 3.18. The molecule has 1 unspecified atom stereocenters. The van der Waals surface area contributed by atoms with E-state index in [1.165, 1.54) is 0 Å². The summed E-state index contributed by atoms with van der Waals surface area (Å²) >= 11 is 0. The van der Waals surface area contributed by atoms with E-state index in [9.17, 15) is 15.0 Å². The monoisotopic (exact) mass is 299 g/mol. The van der Waals surface area contributed by atoms with Crippen molar-refractivity contribution in [2.45, 2.75) is 12.0 Å². The third-order valence-electron chi connectivity index (χ3n) is 3.74. The lowest BCUT2D eigenvalue weighted by Crippen LogP contribution is -2.38. The molecule has 0 saturated carbocycles. The molecule has 2 rings (SSSR count). The van der Waals surface area contributed by atoms with Gasteiger partial charge in [0.2, 0.25) is 5.60 Å². The number of benzene rings is 2. The van der Waals surface area contributed by atoms with Crippen LogP contribution in [0.5, 0.6) is 0 Å². The van der Waals surface area contributed by atoms with E-state index in [-0.39, 0.29) is 0 Å². The molecule has 0 spiro atoms. The van der Waals surface area contributed by atoms with E-state index in [4.69, 9.17) is 0 Å². The van der Waals surface area contributed by atoms with Crippen LogP contribution in [0.3, 0.4) is 0 Å². The molecule has 116 valence electrons. The van der Waals surface area contributed by atoms with Gasteiger partial charge in [-0.2, -0.15) is 0 Å². The van der Waals surface area contributed by atoms with E-state index in [1.54, 1.807) is 42.5 Å². The van der Waals surface area contributed by atoms with Gasteiger partial charge in [0.05, 0.1) is 0 Å². The molecule has 1 atom stereocenters. The molecule has 22 heavy (non-hydrogen) atoms. The molecule has 2 N–H and O–H groups in total. The van der Waals surface area contributed by atoms with Crippen molar-refractivity contribution in [3.63, 3.8) is 0 Å². The van der Waals surface area contributed by atoms with E-state index in [0.29, 0.717) is 17.5 Å². The fourth-order valence-electron chi connectivity index (χ4n) is 2.51. The Hall–Kier alpha value is -2.17. The summed E-state index contributed by atoms with van der Waals surface area (Å²) in [5.74, 6) is -1.27. The normalized spacial score (nSPS) is 13.8. The van der Waals surface area contributed by atoms with Crippen LogP contribution in [0.2, 0.25) is 0 Å². The molecule has 0 aliphatic heterocycles. The molecular weight excluding hydrogens is 278 g/mol. The lowest BCUT2D eigenvalue weighted by molar-refractivity contribution is -0.155. The molecule has 4 heteroatoms. The number of hydrogen-bond donors (Lipinski definition) is 2. The summed E-state index contributed by atoms with van der Waals surface area (Å²) in [7, 11) is 3.92. The number of hydrogen-bond acceptors (Lipinski definition) is 3. The molecule has 0 aliphatic carbocycles. The molecule has 0 fully saturated rings. The predicted octanol–water partition coefficient (Wildman–Crippen LogP) is 2.11. The summed E-state index contributed by atoms with van der Waals surface area (Å²) < 4.78 is 0. The topological polar surface area (TPSA) is 60.8 Å². The zero-order valence-corrected chi connectivity index (χ0v) is 12.9. The fourth-order valence-corrected chi connectivity index (χ4v) is 2.51. The standard InChI is InChI=1S/C18H21NO3/c1-19(2)13-12-14-8-6-7-11-16(14)18(22,17(20)21)15-9-4-3-5-10-15/h3-11,22H,12-13H2,1-2H3,(H,20,21). The highest BCUT2D eigenvalue weighted by Gasteiger charge is 2.41. The van der Waals surface area contributed by atoms with E-state index >= 15 is 0 Å². The second-order valence-corrected chi connectivity index (χ2v) is 5.59. The van der Waals surface area contributed by atoms with Crippen molar-refractivity contribution in [2.75, 3.05) is 20.6 Å². The first-order valence-corrected chi connectivity index (χ1v) is 7.20. The number of likely N-dealkylation sites (N-methyl/N-ethyl adjacent to an activating group) is 1. The minimum Gasteiger partial charge on any atom is -0.479 e. The first-order chi connectivity index (χ1) is 10.5. The smallest absolute Gasteiger partial charge is 0.345 e. The summed E-state index contributed by atoms with van der Waals surface area (Å²) in [5, 5.41) is 20.6. The van der Waals surface area contributed by atoms with Gasteiger partial charge in [0.25, 0.3) is 0 Å². The molecule has 0 aliphatic rings. The van der Waals surface area contributed by atoms with Crippen molar-refractivity contribution in [1.29, 1.82) is 0 Å². The van der Waals surface area contributed by atoms with Crippen LogP contribution in [-0.2, 0) is 16.8 Å². The number of aliphatic carboxylic acids is 1. The summed E-state index contributed by atoms with van der Waals surface area (Å²) in [6, 6.07) is 15.7. The van der Waals surface area contributed by atoms with Crippen LogP contribution in [0, 0.1) is 0 Å². The van der Waals surface area contributed by atoms with Crippen molar-refractivity contribution in [2.24, 2.45) is 0 Å². The number of carboxylic acid groups (broad SMARTS) is 1. The molecule has 0 radical (unpaired) electrons. The Morgan fingerprint density at radius 3 is 2.23 bits per heavy atom. The molecule has 2 aromatic carbocycles. The van der Waals surface area contributed by atoms with Crippen molar-refractivity contribution in [3.05, 3.63) is 71.3 Å². The summed E-state index contributed by atoms with van der Waals surface area (Å²) in [6.07, 6.45) is 0.672. The maximum atomic E-state index is 11.9. The zero-order valence-electron chi connectivity index (χ0n) is 12.9. The Morgan fingerprint density at radius 1 is 1.05 bits per heavy atom. The summed E-state index contributed by atoms with van der Waals surface area (Å²) in [5.41, 5.74) is -0.412. The van der Waals surface area contributed by atoms with Gasteiger partial charge in [0.1, 0.15) is 0 Å². The molecule has 0 bridgehead atoms. The van der Waals surface area contributed by atoms with Crippen LogP contribution in [0.25, 0.3) is 0 Å². The van der Waals surface area contributed by atoms with Crippen LogP contribution in [0.1, 0.15) is 16.7 Å². The van der Waals surface area contributed by atoms with Crippen LogP contribution in [0.15, 0.2) is 54.6 Å². The molecule has 0 aromatic heterocycles. The van der Waals surface area contributed by atoms with Crippen molar-refractivity contribution in [3.8, 4) is 0 Å². The van der Waals surface area contributed by atoms with Gasteiger partial charge >= 0.3 is 5.97 Å². The fraction of sp³-hybridized carbons (Fsp3) is 0.278. The molecule has 0 amide bonds. The highest BCUT2D eigenvalue weighted by atomic mass is 16.4. The van der Waals surface area contributed by atoms with Gasteiger partial charge < -0.3 is 15.1 Å². The molecular formula is C18H21NO3. The van der Waals surface area contributed by atoms with Gasteiger partial charge in [-0.05, 0) is 31.6 Å². The molecule has 2 aromatic rings. The van der Waals surface area contributed by atoms with E-state index in [0.717, 1.165) is 12.1 Å². The predicted molar refractivity (Wildman–Crippen MR) is 85.8 cm³/mol. The van der Waals surface area contributed by atoms with Crippen LogP contribution in [-0.4, -0.2) is 41.7 Å². The lowest BCUT2D eigenvalue weighted by atomic mass is 9.83. The highest BCUT2D eigenvalue weighted by Crippen LogP contribution is 2.32. The van der Waals surface area contributed by atoms with Gasteiger partial charge in [-0.15, -0.1) is 0 Å². The summed E-state index contributed by atoms with van der Waals surface area (Å²) in [4.78, 5) is 13.9. The maximum absolute atomic E-state index is 11.9. The average molecular weight is 299 g/mol. The second kappa shape index (κ2) is 6.73. The van der Waals surface area contributed by atoms with Crippen LogP contribution >= 0.6 is 0 Å². The van der Waals surface area contributed by atoms with Gasteiger partial charge in [0.15, 0.2) is 0 Å². The minimum absolute atomic E-state index is 0.361. The number of carbonyl (C=O) groups is 1. The molecule has 0 heterocycles. The number of carboxylic acids is 1. The Balaban J connectivity index is 2.52. The van der Waals surface area contributed by atoms with E-state index in [2.05, 4.69) is 0 Å². The van der Waals surface area contributed by atoms with Gasteiger partial charge in [-0.25, -0.2) is 4.79 Å². The van der Waals surface area contributed by atoms with Gasteiger partial charge in [-0.3, -0.25) is 0 Å². The Kier molecular flexibility index (Phi) is 4.96.